The van der Waals surface area contributed by atoms with E-state index in [1.165, 1.54) is 12.8 Å². The third-order valence-corrected chi connectivity index (χ3v) is 3.62. The van der Waals surface area contributed by atoms with E-state index in [2.05, 4.69) is 15.6 Å². The minimum absolute atomic E-state index is 0. The SMILES string of the molecule is I.OCc1ccccc1CN=C(NCc1ccco1)NC1CC1. The highest BCUT2D eigenvalue weighted by Crippen LogP contribution is 2.18. The van der Waals surface area contributed by atoms with Crippen LogP contribution in [-0.4, -0.2) is 17.1 Å². The number of benzene rings is 1. The minimum atomic E-state index is 0. The Morgan fingerprint density at radius 2 is 1.96 bits per heavy atom. The maximum Gasteiger partial charge on any atom is 0.192 e. The zero-order valence-electron chi connectivity index (χ0n) is 12.9. The van der Waals surface area contributed by atoms with Crippen molar-refractivity contribution in [2.45, 2.75) is 38.6 Å². The van der Waals surface area contributed by atoms with Gasteiger partial charge < -0.3 is 20.2 Å². The largest absolute Gasteiger partial charge is 0.467 e. The van der Waals surface area contributed by atoms with E-state index < -0.39 is 0 Å². The second-order valence-electron chi connectivity index (χ2n) is 5.44. The summed E-state index contributed by atoms with van der Waals surface area (Å²) in [5.41, 5.74) is 1.96. The molecule has 1 heterocycles. The smallest absolute Gasteiger partial charge is 0.192 e. The molecule has 0 radical (unpaired) electrons. The van der Waals surface area contributed by atoms with Gasteiger partial charge in [-0.15, -0.1) is 24.0 Å². The summed E-state index contributed by atoms with van der Waals surface area (Å²) in [6.45, 7) is 1.18. The lowest BCUT2D eigenvalue weighted by Gasteiger charge is -2.12. The zero-order valence-corrected chi connectivity index (χ0v) is 15.2. The molecule has 3 rings (SSSR count). The molecule has 23 heavy (non-hydrogen) atoms. The Hall–Kier alpha value is -1.54. The van der Waals surface area contributed by atoms with E-state index in [-0.39, 0.29) is 30.6 Å². The van der Waals surface area contributed by atoms with E-state index in [0.29, 0.717) is 19.1 Å². The fraction of sp³-hybridized carbons (Fsp3) is 0.353. The average Bonchev–Trinajstić information content (AvgIpc) is 3.21. The Balaban J connectivity index is 0.00000192. The molecule has 0 amide bonds. The monoisotopic (exact) mass is 427 g/mol. The number of rotatable bonds is 6. The van der Waals surface area contributed by atoms with Crippen molar-refractivity contribution in [3.8, 4) is 0 Å². The third-order valence-electron chi connectivity index (χ3n) is 3.62. The molecule has 0 unspecified atom stereocenters. The molecule has 3 N–H and O–H groups in total. The van der Waals surface area contributed by atoms with E-state index in [1.54, 1.807) is 6.26 Å². The van der Waals surface area contributed by atoms with Crippen molar-refractivity contribution in [3.63, 3.8) is 0 Å². The highest BCUT2D eigenvalue weighted by molar-refractivity contribution is 14.0. The van der Waals surface area contributed by atoms with Crippen molar-refractivity contribution >= 4 is 29.9 Å². The lowest BCUT2D eigenvalue weighted by Crippen LogP contribution is -2.38. The van der Waals surface area contributed by atoms with Gasteiger partial charge in [0.05, 0.1) is 26.0 Å². The molecule has 0 spiro atoms. The van der Waals surface area contributed by atoms with Crippen LogP contribution in [0.2, 0.25) is 0 Å². The van der Waals surface area contributed by atoms with Gasteiger partial charge in [-0.25, -0.2) is 4.99 Å². The normalized spacial score (nSPS) is 14.2. The highest BCUT2D eigenvalue weighted by atomic mass is 127. The molecular formula is C17H22IN3O2. The predicted molar refractivity (Wildman–Crippen MR) is 101 cm³/mol. The number of aliphatic imine (C=N–C) groups is 1. The Labute approximate surface area is 153 Å². The van der Waals surface area contributed by atoms with Crippen LogP contribution in [-0.2, 0) is 19.7 Å². The van der Waals surface area contributed by atoms with E-state index in [4.69, 9.17) is 4.42 Å². The van der Waals surface area contributed by atoms with Crippen LogP contribution in [0.4, 0.5) is 0 Å². The van der Waals surface area contributed by atoms with Gasteiger partial charge in [-0.05, 0) is 36.1 Å². The van der Waals surface area contributed by atoms with Crippen LogP contribution >= 0.6 is 24.0 Å². The third kappa shape index (κ3) is 5.54. The molecule has 124 valence electrons. The minimum Gasteiger partial charge on any atom is -0.467 e. The summed E-state index contributed by atoms with van der Waals surface area (Å²) in [5, 5.41) is 16.1. The number of hydrogen-bond donors (Lipinski definition) is 3. The zero-order chi connectivity index (χ0) is 15.2. The van der Waals surface area contributed by atoms with Crippen molar-refractivity contribution < 1.29 is 9.52 Å². The summed E-state index contributed by atoms with van der Waals surface area (Å²) in [4.78, 5) is 4.62. The molecule has 2 aromatic rings. The summed E-state index contributed by atoms with van der Waals surface area (Å²) in [6.07, 6.45) is 4.04. The first-order valence-corrected chi connectivity index (χ1v) is 7.60. The van der Waals surface area contributed by atoms with Crippen LogP contribution in [0.1, 0.15) is 29.7 Å². The number of aliphatic hydroxyl groups excluding tert-OH is 1. The number of hydrogen-bond acceptors (Lipinski definition) is 3. The Morgan fingerprint density at radius 3 is 2.61 bits per heavy atom. The summed E-state index contributed by atoms with van der Waals surface area (Å²) in [5.74, 6) is 1.66. The van der Waals surface area contributed by atoms with Crippen LogP contribution < -0.4 is 10.6 Å². The topological polar surface area (TPSA) is 69.8 Å². The fourth-order valence-electron chi connectivity index (χ4n) is 2.19. The molecule has 1 saturated carbocycles. The summed E-state index contributed by atoms with van der Waals surface area (Å²) in [7, 11) is 0. The number of furan rings is 1. The molecular weight excluding hydrogens is 405 g/mol. The van der Waals surface area contributed by atoms with E-state index in [1.807, 2.05) is 36.4 Å². The molecule has 1 aromatic heterocycles. The van der Waals surface area contributed by atoms with Gasteiger partial charge >= 0.3 is 0 Å². The fourth-order valence-corrected chi connectivity index (χ4v) is 2.19. The van der Waals surface area contributed by atoms with Gasteiger partial charge in [0.2, 0.25) is 0 Å². The molecule has 0 atom stereocenters. The van der Waals surface area contributed by atoms with Gasteiger partial charge in [-0.3, -0.25) is 0 Å². The summed E-state index contributed by atoms with van der Waals surface area (Å²) >= 11 is 0. The van der Waals surface area contributed by atoms with Crippen LogP contribution in [0.3, 0.4) is 0 Å². The number of nitrogens with one attached hydrogen (secondary N) is 2. The van der Waals surface area contributed by atoms with Gasteiger partial charge in [0, 0.05) is 6.04 Å². The first kappa shape index (κ1) is 17.8. The van der Waals surface area contributed by atoms with Crippen LogP contribution in [0, 0.1) is 0 Å². The first-order chi connectivity index (χ1) is 10.8. The van der Waals surface area contributed by atoms with Crippen molar-refractivity contribution in [1.29, 1.82) is 0 Å². The maximum absolute atomic E-state index is 9.38. The van der Waals surface area contributed by atoms with Crippen LogP contribution in [0.5, 0.6) is 0 Å². The maximum atomic E-state index is 9.38. The van der Waals surface area contributed by atoms with Gasteiger partial charge in [-0.2, -0.15) is 0 Å². The standard InChI is InChI=1S/C17H21N3O2.HI/c21-12-14-5-2-1-4-13(14)10-18-17(20-15-7-8-15)19-11-16-6-3-9-22-16;/h1-6,9,15,21H,7-8,10-12H2,(H2,18,19,20);1H. The molecule has 1 aliphatic rings. The van der Waals surface area contributed by atoms with Gasteiger partial charge in [0.1, 0.15) is 5.76 Å². The molecule has 1 aliphatic carbocycles. The quantitative estimate of drug-likeness (QED) is 0.377. The number of halogens is 1. The number of guanidine groups is 1. The molecule has 0 bridgehead atoms. The van der Waals surface area contributed by atoms with Crippen molar-refractivity contribution in [3.05, 3.63) is 59.5 Å². The Kier molecular flexibility index (Phi) is 6.91. The Bertz CT molecular complexity index is 625. The Morgan fingerprint density at radius 1 is 1.17 bits per heavy atom. The molecule has 0 saturated heterocycles. The van der Waals surface area contributed by atoms with Crippen LogP contribution in [0.15, 0.2) is 52.1 Å². The summed E-state index contributed by atoms with van der Waals surface area (Å²) < 4.78 is 5.33. The van der Waals surface area contributed by atoms with Crippen molar-refractivity contribution in [2.24, 2.45) is 4.99 Å². The lowest BCUT2D eigenvalue weighted by atomic mass is 10.1. The number of aliphatic hydroxyl groups is 1. The molecule has 0 aliphatic heterocycles. The van der Waals surface area contributed by atoms with E-state index >= 15 is 0 Å². The highest BCUT2D eigenvalue weighted by Gasteiger charge is 2.22. The first-order valence-electron chi connectivity index (χ1n) is 7.60. The lowest BCUT2D eigenvalue weighted by molar-refractivity contribution is 0.280. The predicted octanol–water partition coefficient (Wildman–Crippen LogP) is 2.79. The van der Waals surface area contributed by atoms with Crippen molar-refractivity contribution in [1.82, 2.24) is 10.6 Å². The second kappa shape index (κ2) is 8.93. The van der Waals surface area contributed by atoms with Gasteiger partial charge in [0.15, 0.2) is 5.96 Å². The second-order valence-corrected chi connectivity index (χ2v) is 5.44. The summed E-state index contributed by atoms with van der Waals surface area (Å²) in [6, 6.07) is 12.1. The van der Waals surface area contributed by atoms with E-state index in [0.717, 1.165) is 22.8 Å². The van der Waals surface area contributed by atoms with Gasteiger partial charge in [0.25, 0.3) is 0 Å². The number of nitrogens with zero attached hydrogens (tertiary/aromatic N) is 1. The van der Waals surface area contributed by atoms with Crippen molar-refractivity contribution in [2.75, 3.05) is 0 Å². The molecule has 6 heteroatoms. The van der Waals surface area contributed by atoms with Gasteiger partial charge in [-0.1, -0.05) is 24.3 Å². The average molecular weight is 427 g/mol. The molecule has 1 aromatic carbocycles. The molecule has 1 fully saturated rings. The molecule has 5 nitrogen and oxygen atoms in total. The van der Waals surface area contributed by atoms with E-state index in [9.17, 15) is 5.11 Å². The van der Waals surface area contributed by atoms with Crippen LogP contribution in [0.25, 0.3) is 0 Å².